The number of alkyl halides is 3. The van der Waals surface area contributed by atoms with Gasteiger partial charge in [-0.15, -0.1) is 0 Å². The lowest BCUT2D eigenvalue weighted by Gasteiger charge is -2.48. The molecular formula is C25H38F3NO4. The van der Waals surface area contributed by atoms with Crippen molar-refractivity contribution in [3.8, 4) is 11.5 Å². The lowest BCUT2D eigenvalue weighted by atomic mass is 9.79. The molecule has 4 atom stereocenters. The highest BCUT2D eigenvalue weighted by Crippen LogP contribution is 2.45. The lowest BCUT2D eigenvalue weighted by molar-refractivity contribution is -0.180. The van der Waals surface area contributed by atoms with E-state index in [0.29, 0.717) is 29.9 Å². The Kier molecular flexibility index (Phi) is 8.56. The fourth-order valence-corrected chi connectivity index (χ4v) is 5.18. The highest BCUT2D eigenvalue weighted by atomic mass is 19.4. The summed E-state index contributed by atoms with van der Waals surface area (Å²) in [5.74, 6) is 1.60. The van der Waals surface area contributed by atoms with E-state index < -0.39 is 19.1 Å². The molecule has 0 aliphatic carbocycles. The summed E-state index contributed by atoms with van der Waals surface area (Å²) in [5.41, 5.74) is 2.03. The smallest absolute Gasteiger partial charge is 0.422 e. The second kappa shape index (κ2) is 10.8. The maximum atomic E-state index is 12.7. The number of nitrogens with zero attached hydrogens (tertiary/aromatic N) is 1. The zero-order valence-corrected chi connectivity index (χ0v) is 20.3. The Morgan fingerprint density at radius 2 is 1.85 bits per heavy atom. The van der Waals surface area contributed by atoms with Crippen molar-refractivity contribution in [2.45, 2.75) is 78.0 Å². The molecule has 8 heteroatoms. The third kappa shape index (κ3) is 6.99. The van der Waals surface area contributed by atoms with Crippen LogP contribution < -0.4 is 9.47 Å². The van der Waals surface area contributed by atoms with E-state index in [4.69, 9.17) is 14.2 Å². The Morgan fingerprint density at radius 1 is 1.12 bits per heavy atom. The molecule has 2 unspecified atom stereocenters. The van der Waals surface area contributed by atoms with Crippen molar-refractivity contribution in [2.75, 3.05) is 26.8 Å². The topological polar surface area (TPSA) is 51.2 Å². The molecule has 0 amide bonds. The van der Waals surface area contributed by atoms with E-state index in [9.17, 15) is 18.3 Å². The van der Waals surface area contributed by atoms with E-state index in [-0.39, 0.29) is 17.9 Å². The van der Waals surface area contributed by atoms with E-state index in [2.05, 4.69) is 32.6 Å². The third-order valence-electron chi connectivity index (χ3n) is 6.51. The van der Waals surface area contributed by atoms with Crippen molar-refractivity contribution >= 4 is 0 Å². The standard InChI is InChI=1S/C25H38F3NO4/c1-15(2)8-18-13-29-7-6-17-10-23(32-14-25(26,27)28)22(31-5)11-19(17)20(29)12-21(18)33-24(30)9-16(3)4/h10-11,15-16,18,20-21,24,30H,6-9,12-14H2,1-5H3/t18-,20-,21?,24?/m1/s1. The van der Waals surface area contributed by atoms with Crippen LogP contribution in [0.5, 0.6) is 11.5 Å². The van der Waals surface area contributed by atoms with Crippen molar-refractivity contribution in [3.63, 3.8) is 0 Å². The molecule has 1 fully saturated rings. The molecule has 0 bridgehead atoms. The fraction of sp³-hybridized carbons (Fsp3) is 0.760. The average molecular weight is 474 g/mol. The predicted octanol–water partition coefficient (Wildman–Crippen LogP) is 5.35. The molecule has 5 nitrogen and oxygen atoms in total. The maximum absolute atomic E-state index is 12.7. The van der Waals surface area contributed by atoms with Crippen LogP contribution in [0, 0.1) is 17.8 Å². The first-order valence-corrected chi connectivity index (χ1v) is 11.9. The van der Waals surface area contributed by atoms with Crippen molar-refractivity contribution in [2.24, 2.45) is 17.8 Å². The maximum Gasteiger partial charge on any atom is 0.422 e. The third-order valence-corrected chi connectivity index (χ3v) is 6.51. The summed E-state index contributed by atoms with van der Waals surface area (Å²) < 4.78 is 54.7. The Morgan fingerprint density at radius 3 is 2.45 bits per heavy atom. The fourth-order valence-electron chi connectivity index (χ4n) is 5.18. The van der Waals surface area contributed by atoms with E-state index in [0.717, 1.165) is 43.5 Å². The van der Waals surface area contributed by atoms with Gasteiger partial charge >= 0.3 is 6.18 Å². The van der Waals surface area contributed by atoms with Crippen LogP contribution >= 0.6 is 0 Å². The van der Waals surface area contributed by atoms with E-state index in [1.807, 2.05) is 6.07 Å². The molecular weight excluding hydrogens is 435 g/mol. The minimum Gasteiger partial charge on any atom is -0.493 e. The minimum absolute atomic E-state index is 0.0685. The second-order valence-electron chi connectivity index (χ2n) is 10.3. The molecule has 0 saturated carbocycles. The van der Waals surface area contributed by atoms with Crippen LogP contribution in [-0.4, -0.2) is 55.4 Å². The van der Waals surface area contributed by atoms with Crippen molar-refractivity contribution in [1.82, 2.24) is 4.90 Å². The molecule has 2 aliphatic heterocycles. The first-order chi connectivity index (χ1) is 15.5. The molecule has 1 aromatic rings. The van der Waals surface area contributed by atoms with Crippen LogP contribution in [0.2, 0.25) is 0 Å². The van der Waals surface area contributed by atoms with Crippen LogP contribution in [0.1, 0.15) is 64.1 Å². The van der Waals surface area contributed by atoms with Gasteiger partial charge in [0, 0.05) is 25.6 Å². The average Bonchev–Trinajstić information content (AvgIpc) is 2.70. The number of ether oxygens (including phenoxy) is 3. The lowest BCUT2D eigenvalue weighted by Crippen LogP contribution is -2.50. The highest BCUT2D eigenvalue weighted by molar-refractivity contribution is 5.49. The Balaban J connectivity index is 1.84. The summed E-state index contributed by atoms with van der Waals surface area (Å²) in [6, 6.07) is 3.59. The van der Waals surface area contributed by atoms with Gasteiger partial charge in [0.25, 0.3) is 0 Å². The molecule has 2 heterocycles. The van der Waals surface area contributed by atoms with E-state index in [1.165, 1.54) is 7.11 Å². The Labute approximate surface area is 195 Å². The van der Waals surface area contributed by atoms with Gasteiger partial charge in [-0.05, 0) is 60.3 Å². The van der Waals surface area contributed by atoms with Gasteiger partial charge < -0.3 is 19.3 Å². The highest BCUT2D eigenvalue weighted by Gasteiger charge is 2.41. The van der Waals surface area contributed by atoms with Crippen molar-refractivity contribution in [1.29, 1.82) is 0 Å². The number of hydrogen-bond acceptors (Lipinski definition) is 5. The largest absolute Gasteiger partial charge is 0.493 e. The number of aliphatic hydroxyl groups excluding tert-OH is 1. The van der Waals surface area contributed by atoms with Crippen LogP contribution in [0.15, 0.2) is 12.1 Å². The number of rotatable bonds is 9. The molecule has 0 radical (unpaired) electrons. The summed E-state index contributed by atoms with van der Waals surface area (Å²) in [7, 11) is 1.44. The Bertz CT molecular complexity index is 784. The molecule has 1 N–H and O–H groups in total. The monoisotopic (exact) mass is 473 g/mol. The molecule has 0 spiro atoms. The SMILES string of the molecule is COc1cc2c(cc1OCC(F)(F)F)CCN1C[C@@H](CC(C)C)C(OC(O)CC(C)C)C[C@H]21. The van der Waals surface area contributed by atoms with E-state index in [1.54, 1.807) is 6.07 Å². The van der Waals surface area contributed by atoms with Crippen molar-refractivity contribution in [3.05, 3.63) is 23.3 Å². The molecule has 1 aromatic carbocycles. The molecule has 33 heavy (non-hydrogen) atoms. The van der Waals surface area contributed by atoms with Gasteiger partial charge in [-0.1, -0.05) is 27.7 Å². The molecule has 188 valence electrons. The number of fused-ring (bicyclic) bond motifs is 3. The normalized spacial score (nSPS) is 24.5. The van der Waals surface area contributed by atoms with Crippen LogP contribution in [0.3, 0.4) is 0 Å². The van der Waals surface area contributed by atoms with Crippen LogP contribution in [0.4, 0.5) is 13.2 Å². The molecule has 3 rings (SSSR count). The first kappa shape index (κ1) is 26.1. The van der Waals surface area contributed by atoms with Gasteiger partial charge in [0.1, 0.15) is 0 Å². The van der Waals surface area contributed by atoms with Crippen LogP contribution in [0.25, 0.3) is 0 Å². The van der Waals surface area contributed by atoms with Gasteiger partial charge in [-0.2, -0.15) is 13.2 Å². The predicted molar refractivity (Wildman–Crippen MR) is 120 cm³/mol. The van der Waals surface area contributed by atoms with Gasteiger partial charge in [-0.25, -0.2) is 0 Å². The summed E-state index contributed by atoms with van der Waals surface area (Å²) >= 11 is 0. The van der Waals surface area contributed by atoms with Gasteiger partial charge in [0.2, 0.25) is 0 Å². The summed E-state index contributed by atoms with van der Waals surface area (Å²) in [6.45, 7) is 8.87. The number of benzene rings is 1. The summed E-state index contributed by atoms with van der Waals surface area (Å²) in [5, 5.41) is 10.5. The Hall–Kier alpha value is -1.51. The minimum atomic E-state index is -4.41. The van der Waals surface area contributed by atoms with Gasteiger partial charge in [0.15, 0.2) is 24.4 Å². The molecule has 0 aromatic heterocycles. The number of hydrogen-bond donors (Lipinski definition) is 1. The molecule has 2 aliphatic rings. The second-order valence-corrected chi connectivity index (χ2v) is 10.3. The zero-order chi connectivity index (χ0) is 24.3. The number of piperidine rings is 1. The quantitative estimate of drug-likeness (QED) is 0.490. The summed E-state index contributed by atoms with van der Waals surface area (Å²) in [6.07, 6.45) is -2.22. The van der Waals surface area contributed by atoms with Crippen molar-refractivity contribution < 1.29 is 32.5 Å². The van der Waals surface area contributed by atoms with E-state index >= 15 is 0 Å². The van der Waals surface area contributed by atoms with Gasteiger partial charge in [-0.3, -0.25) is 4.90 Å². The number of methoxy groups -OCH3 is 1. The number of halogens is 3. The van der Waals surface area contributed by atoms with Crippen LogP contribution in [-0.2, 0) is 11.2 Å². The zero-order valence-electron chi connectivity index (χ0n) is 20.3. The van der Waals surface area contributed by atoms with Gasteiger partial charge in [0.05, 0.1) is 13.2 Å². The molecule has 1 saturated heterocycles. The first-order valence-electron chi connectivity index (χ1n) is 11.9. The number of aliphatic hydroxyl groups is 1. The summed E-state index contributed by atoms with van der Waals surface area (Å²) in [4.78, 5) is 2.44.